The summed E-state index contributed by atoms with van der Waals surface area (Å²) in [5, 5.41) is 0. The van der Waals surface area contributed by atoms with Gasteiger partial charge in [-0.1, -0.05) is 84.9 Å². The Morgan fingerprint density at radius 3 is 1.07 bits per heavy atom. The van der Waals surface area contributed by atoms with E-state index in [-0.39, 0.29) is 0 Å². The summed E-state index contributed by atoms with van der Waals surface area (Å²) in [5.74, 6) is 0. The number of hydrogen-bond donors (Lipinski definition) is 0. The smallest absolute Gasteiger partial charge is 0.00992 e. The second-order valence-electron chi connectivity index (χ2n) is 7.69. The van der Waals surface area contributed by atoms with Gasteiger partial charge in [0.1, 0.15) is 0 Å². The van der Waals surface area contributed by atoms with Crippen LogP contribution < -0.4 is 0 Å². The van der Waals surface area contributed by atoms with E-state index in [1.165, 1.54) is 55.6 Å². The molecule has 0 aliphatic rings. The van der Waals surface area contributed by atoms with Crippen LogP contribution in [0.15, 0.2) is 84.9 Å². The Kier molecular flexibility index (Phi) is 4.88. The van der Waals surface area contributed by atoms with E-state index in [9.17, 15) is 0 Å². The molecular formula is C28H26. The van der Waals surface area contributed by atoms with Crippen LogP contribution in [-0.4, -0.2) is 0 Å². The van der Waals surface area contributed by atoms with Gasteiger partial charge in [-0.15, -0.1) is 0 Å². The molecule has 4 rings (SSSR count). The highest BCUT2D eigenvalue weighted by atomic mass is 14.2. The van der Waals surface area contributed by atoms with Gasteiger partial charge in [-0.25, -0.2) is 0 Å². The molecule has 0 aliphatic carbocycles. The van der Waals surface area contributed by atoms with Gasteiger partial charge in [0.2, 0.25) is 0 Å². The molecule has 0 heteroatoms. The largest absolute Gasteiger partial charge is 0.0616 e. The first-order chi connectivity index (χ1) is 13.5. The predicted octanol–water partition coefficient (Wildman–Crippen LogP) is 7.92. The monoisotopic (exact) mass is 362 g/mol. The molecule has 0 saturated heterocycles. The third-order valence-corrected chi connectivity index (χ3v) is 5.78. The van der Waals surface area contributed by atoms with Crippen LogP contribution in [-0.2, 0) is 0 Å². The molecular weight excluding hydrogens is 336 g/mol. The lowest BCUT2D eigenvalue weighted by Crippen LogP contribution is -1.91. The summed E-state index contributed by atoms with van der Waals surface area (Å²) in [6.07, 6.45) is 0. The van der Waals surface area contributed by atoms with Gasteiger partial charge in [-0.3, -0.25) is 0 Å². The Morgan fingerprint density at radius 1 is 0.357 bits per heavy atom. The van der Waals surface area contributed by atoms with Crippen molar-refractivity contribution in [2.24, 2.45) is 0 Å². The zero-order valence-corrected chi connectivity index (χ0v) is 17.1. The quantitative estimate of drug-likeness (QED) is 0.347. The zero-order valence-electron chi connectivity index (χ0n) is 17.1. The number of hydrogen-bond acceptors (Lipinski definition) is 0. The third-order valence-electron chi connectivity index (χ3n) is 5.78. The van der Waals surface area contributed by atoms with Gasteiger partial charge in [-0.05, 0) is 83.3 Å². The van der Waals surface area contributed by atoms with Gasteiger partial charge < -0.3 is 0 Å². The first-order valence-electron chi connectivity index (χ1n) is 9.88. The maximum atomic E-state index is 2.30. The van der Waals surface area contributed by atoms with Crippen LogP contribution in [0.25, 0.3) is 33.4 Å². The molecule has 0 N–H and O–H groups in total. The summed E-state index contributed by atoms with van der Waals surface area (Å²) in [6, 6.07) is 31.0. The van der Waals surface area contributed by atoms with E-state index in [0.29, 0.717) is 0 Å². The van der Waals surface area contributed by atoms with E-state index in [1.807, 2.05) is 0 Å². The van der Waals surface area contributed by atoms with Crippen LogP contribution in [0, 0.1) is 27.7 Å². The van der Waals surface area contributed by atoms with Gasteiger partial charge in [0, 0.05) is 0 Å². The van der Waals surface area contributed by atoms with Crippen LogP contribution in [0.5, 0.6) is 0 Å². The van der Waals surface area contributed by atoms with Crippen molar-refractivity contribution in [1.29, 1.82) is 0 Å². The van der Waals surface area contributed by atoms with Crippen molar-refractivity contribution in [2.45, 2.75) is 27.7 Å². The van der Waals surface area contributed by atoms with E-state index < -0.39 is 0 Å². The lowest BCUT2D eigenvalue weighted by atomic mass is 9.88. The molecule has 0 aromatic heterocycles. The zero-order chi connectivity index (χ0) is 19.7. The molecule has 28 heavy (non-hydrogen) atoms. The Bertz CT molecular complexity index is 1060. The summed E-state index contributed by atoms with van der Waals surface area (Å²) in [7, 11) is 0. The molecule has 0 bridgehead atoms. The molecule has 0 heterocycles. The normalized spacial score (nSPS) is 10.9. The number of benzene rings is 4. The number of aryl methyl sites for hydroxylation is 4. The predicted molar refractivity (Wildman–Crippen MR) is 122 cm³/mol. The van der Waals surface area contributed by atoms with Crippen molar-refractivity contribution in [3.05, 3.63) is 107 Å². The van der Waals surface area contributed by atoms with Crippen molar-refractivity contribution in [3.63, 3.8) is 0 Å². The van der Waals surface area contributed by atoms with Crippen LogP contribution >= 0.6 is 0 Å². The van der Waals surface area contributed by atoms with Crippen molar-refractivity contribution in [2.75, 3.05) is 0 Å². The highest BCUT2D eigenvalue weighted by Crippen LogP contribution is 2.38. The average Bonchev–Trinajstić information content (AvgIpc) is 2.72. The Balaban J connectivity index is 1.92. The Morgan fingerprint density at radius 2 is 0.714 bits per heavy atom. The van der Waals surface area contributed by atoms with Gasteiger partial charge in [0.25, 0.3) is 0 Å². The van der Waals surface area contributed by atoms with Crippen molar-refractivity contribution >= 4 is 0 Å². The summed E-state index contributed by atoms with van der Waals surface area (Å²) in [5.41, 5.74) is 13.0. The Labute approximate surface area is 168 Å². The molecule has 0 fully saturated rings. The summed E-state index contributed by atoms with van der Waals surface area (Å²) in [6.45, 7) is 8.70. The van der Waals surface area contributed by atoms with E-state index in [2.05, 4.69) is 113 Å². The lowest BCUT2D eigenvalue weighted by molar-refractivity contribution is 1.34. The molecule has 4 aromatic rings. The van der Waals surface area contributed by atoms with Crippen LogP contribution in [0.1, 0.15) is 22.3 Å². The van der Waals surface area contributed by atoms with Gasteiger partial charge in [0.05, 0.1) is 0 Å². The fourth-order valence-corrected chi connectivity index (χ4v) is 3.76. The van der Waals surface area contributed by atoms with Crippen molar-refractivity contribution in [3.8, 4) is 33.4 Å². The molecule has 138 valence electrons. The maximum absolute atomic E-state index is 2.30. The van der Waals surface area contributed by atoms with E-state index in [1.54, 1.807) is 0 Å². The average molecular weight is 363 g/mol. The van der Waals surface area contributed by atoms with Gasteiger partial charge in [0.15, 0.2) is 0 Å². The molecule has 4 aromatic carbocycles. The second-order valence-corrected chi connectivity index (χ2v) is 7.69. The fourth-order valence-electron chi connectivity index (χ4n) is 3.76. The topological polar surface area (TPSA) is 0 Å². The highest BCUT2D eigenvalue weighted by molar-refractivity contribution is 5.91. The number of rotatable bonds is 3. The molecule has 0 spiro atoms. The molecule has 0 nitrogen and oxygen atoms in total. The summed E-state index contributed by atoms with van der Waals surface area (Å²) in [4.78, 5) is 0. The summed E-state index contributed by atoms with van der Waals surface area (Å²) < 4.78 is 0. The standard InChI is InChI=1S/C28H26/c1-19-13-15-23(17-21(19)3)25-9-5-7-11-27(25)28-12-8-6-10-26(28)24-16-14-20(2)22(4)18-24/h5-18H,1-4H3. The minimum Gasteiger partial charge on any atom is -0.0616 e. The fraction of sp³-hybridized carbons (Fsp3) is 0.143. The van der Waals surface area contributed by atoms with Crippen molar-refractivity contribution < 1.29 is 0 Å². The molecule has 0 radical (unpaired) electrons. The second kappa shape index (κ2) is 7.48. The molecule has 0 saturated carbocycles. The van der Waals surface area contributed by atoms with Crippen LogP contribution in [0.3, 0.4) is 0 Å². The van der Waals surface area contributed by atoms with Gasteiger partial charge in [-0.2, -0.15) is 0 Å². The minimum absolute atomic E-state index is 1.27. The van der Waals surface area contributed by atoms with E-state index >= 15 is 0 Å². The lowest BCUT2D eigenvalue weighted by Gasteiger charge is -2.16. The van der Waals surface area contributed by atoms with Crippen molar-refractivity contribution in [1.82, 2.24) is 0 Å². The van der Waals surface area contributed by atoms with Crippen LogP contribution in [0.2, 0.25) is 0 Å². The molecule has 0 atom stereocenters. The molecule has 0 unspecified atom stereocenters. The highest BCUT2D eigenvalue weighted by Gasteiger charge is 2.12. The SMILES string of the molecule is Cc1ccc(-c2ccccc2-c2ccccc2-c2ccc(C)c(C)c2)cc1C. The first kappa shape index (κ1) is 18.3. The minimum atomic E-state index is 1.27. The van der Waals surface area contributed by atoms with E-state index in [0.717, 1.165) is 0 Å². The van der Waals surface area contributed by atoms with E-state index in [4.69, 9.17) is 0 Å². The molecule has 0 aliphatic heterocycles. The third kappa shape index (κ3) is 3.39. The first-order valence-corrected chi connectivity index (χ1v) is 9.88. The van der Waals surface area contributed by atoms with Gasteiger partial charge >= 0.3 is 0 Å². The molecule has 0 amide bonds. The maximum Gasteiger partial charge on any atom is -0.00992 e. The van der Waals surface area contributed by atoms with Crippen LogP contribution in [0.4, 0.5) is 0 Å². The Hall–Kier alpha value is -3.12. The summed E-state index contributed by atoms with van der Waals surface area (Å²) >= 11 is 0.